The standard InChI is InChI=1S/C14H15N3O2S/c18-13(12-10-3-1-2-9(10)7-19-12)16-14-15-11(17-20-14)6-8-4-5-8/h7-8H,1-6H2,(H,15,16,17,18). The van der Waals surface area contributed by atoms with Crippen LogP contribution in [0.4, 0.5) is 5.13 Å². The van der Waals surface area contributed by atoms with Gasteiger partial charge in [0, 0.05) is 23.5 Å². The van der Waals surface area contributed by atoms with Crippen LogP contribution in [-0.2, 0) is 19.3 Å². The Bertz CT molecular complexity index is 657. The highest BCUT2D eigenvalue weighted by Gasteiger charge is 2.26. The SMILES string of the molecule is O=C(Nc1nc(CC2CC2)ns1)c1occ2c1CCC2. The molecule has 2 aromatic heterocycles. The van der Waals surface area contributed by atoms with Gasteiger partial charge in [0.25, 0.3) is 5.91 Å². The van der Waals surface area contributed by atoms with E-state index >= 15 is 0 Å². The minimum absolute atomic E-state index is 0.206. The van der Waals surface area contributed by atoms with Crippen molar-refractivity contribution >= 4 is 22.6 Å². The number of carbonyl (C=O) groups excluding carboxylic acids is 1. The van der Waals surface area contributed by atoms with Gasteiger partial charge in [-0.25, -0.2) is 4.98 Å². The van der Waals surface area contributed by atoms with Crippen LogP contribution in [0.2, 0.25) is 0 Å². The molecule has 20 heavy (non-hydrogen) atoms. The van der Waals surface area contributed by atoms with E-state index < -0.39 is 0 Å². The van der Waals surface area contributed by atoms with Crippen LogP contribution in [0.25, 0.3) is 0 Å². The number of hydrogen-bond donors (Lipinski definition) is 1. The number of carbonyl (C=O) groups is 1. The molecule has 0 bridgehead atoms. The second kappa shape index (κ2) is 4.70. The van der Waals surface area contributed by atoms with E-state index in [1.807, 2.05) is 0 Å². The van der Waals surface area contributed by atoms with Gasteiger partial charge in [0.2, 0.25) is 5.13 Å². The fraction of sp³-hybridized carbons (Fsp3) is 0.500. The number of nitrogens with one attached hydrogen (secondary N) is 1. The number of nitrogens with zero attached hydrogens (tertiary/aromatic N) is 2. The molecule has 1 fully saturated rings. The number of furan rings is 1. The van der Waals surface area contributed by atoms with Gasteiger partial charge < -0.3 is 4.42 Å². The predicted molar refractivity (Wildman–Crippen MR) is 75.0 cm³/mol. The Kier molecular flexibility index (Phi) is 2.84. The summed E-state index contributed by atoms with van der Waals surface area (Å²) in [5.41, 5.74) is 2.23. The van der Waals surface area contributed by atoms with Crippen LogP contribution in [0.3, 0.4) is 0 Å². The first-order chi connectivity index (χ1) is 9.79. The Morgan fingerprint density at radius 1 is 1.45 bits per heavy atom. The number of fused-ring (bicyclic) bond motifs is 1. The molecule has 1 amide bonds. The predicted octanol–water partition coefficient (Wildman–Crippen LogP) is 2.82. The Labute approximate surface area is 120 Å². The summed E-state index contributed by atoms with van der Waals surface area (Å²) in [4.78, 5) is 16.6. The van der Waals surface area contributed by atoms with Gasteiger partial charge in [-0.3, -0.25) is 10.1 Å². The van der Waals surface area contributed by atoms with Crippen molar-refractivity contribution in [2.24, 2.45) is 5.92 Å². The molecule has 2 aromatic rings. The molecule has 1 saturated carbocycles. The summed E-state index contributed by atoms with van der Waals surface area (Å²) < 4.78 is 9.69. The van der Waals surface area contributed by atoms with E-state index in [4.69, 9.17) is 4.42 Å². The Balaban J connectivity index is 1.47. The third-order valence-electron chi connectivity index (χ3n) is 3.92. The van der Waals surface area contributed by atoms with Crippen LogP contribution in [0, 0.1) is 5.92 Å². The molecule has 0 atom stereocenters. The number of rotatable bonds is 4. The molecule has 0 aromatic carbocycles. The van der Waals surface area contributed by atoms with E-state index in [0.29, 0.717) is 10.9 Å². The average Bonchev–Trinajstić information content (AvgIpc) is 2.84. The van der Waals surface area contributed by atoms with Gasteiger partial charge in [0.05, 0.1) is 6.26 Å². The highest BCUT2D eigenvalue weighted by molar-refractivity contribution is 7.09. The van der Waals surface area contributed by atoms with Gasteiger partial charge in [-0.1, -0.05) is 0 Å². The smallest absolute Gasteiger partial charge is 0.293 e. The van der Waals surface area contributed by atoms with E-state index in [2.05, 4.69) is 14.7 Å². The van der Waals surface area contributed by atoms with Gasteiger partial charge in [-0.15, -0.1) is 0 Å². The maximum absolute atomic E-state index is 12.2. The van der Waals surface area contributed by atoms with E-state index in [1.54, 1.807) is 6.26 Å². The zero-order chi connectivity index (χ0) is 13.5. The number of hydrogen-bond acceptors (Lipinski definition) is 5. The molecule has 0 aliphatic heterocycles. The van der Waals surface area contributed by atoms with E-state index in [0.717, 1.165) is 43.0 Å². The number of amides is 1. The van der Waals surface area contributed by atoms with Gasteiger partial charge in [0.15, 0.2) is 5.76 Å². The molecule has 0 spiro atoms. The molecule has 5 nitrogen and oxygen atoms in total. The van der Waals surface area contributed by atoms with Gasteiger partial charge in [-0.05, 0) is 43.6 Å². The lowest BCUT2D eigenvalue weighted by Gasteiger charge is -1.99. The molecule has 0 saturated heterocycles. The zero-order valence-corrected chi connectivity index (χ0v) is 11.8. The molecule has 2 aliphatic rings. The Morgan fingerprint density at radius 3 is 3.20 bits per heavy atom. The molecular weight excluding hydrogens is 274 g/mol. The van der Waals surface area contributed by atoms with Gasteiger partial charge in [0.1, 0.15) is 5.82 Å². The van der Waals surface area contributed by atoms with Crippen LogP contribution >= 0.6 is 11.5 Å². The second-order valence-corrected chi connectivity index (χ2v) is 6.29. The topological polar surface area (TPSA) is 68.0 Å². The van der Waals surface area contributed by atoms with Crippen molar-refractivity contribution in [3.8, 4) is 0 Å². The molecule has 4 rings (SSSR count). The fourth-order valence-electron chi connectivity index (χ4n) is 2.67. The summed E-state index contributed by atoms with van der Waals surface area (Å²) in [6.45, 7) is 0. The summed E-state index contributed by atoms with van der Waals surface area (Å²) in [7, 11) is 0. The molecule has 6 heteroatoms. The Morgan fingerprint density at radius 2 is 2.35 bits per heavy atom. The van der Waals surface area contributed by atoms with Gasteiger partial charge in [-0.2, -0.15) is 4.37 Å². The summed E-state index contributed by atoms with van der Waals surface area (Å²) in [6, 6.07) is 0. The molecule has 104 valence electrons. The Hall–Kier alpha value is -1.69. The van der Waals surface area contributed by atoms with Crippen molar-refractivity contribution in [2.75, 3.05) is 5.32 Å². The number of aromatic nitrogens is 2. The first-order valence-corrected chi connectivity index (χ1v) is 7.80. The van der Waals surface area contributed by atoms with Crippen LogP contribution in [0.15, 0.2) is 10.7 Å². The monoisotopic (exact) mass is 289 g/mol. The normalized spacial score (nSPS) is 17.2. The fourth-order valence-corrected chi connectivity index (χ4v) is 3.26. The van der Waals surface area contributed by atoms with E-state index in [1.165, 1.54) is 29.9 Å². The lowest BCUT2D eigenvalue weighted by atomic mass is 10.2. The lowest BCUT2D eigenvalue weighted by Crippen LogP contribution is -2.12. The first kappa shape index (κ1) is 12.1. The molecule has 0 radical (unpaired) electrons. The number of anilines is 1. The maximum Gasteiger partial charge on any atom is 0.293 e. The van der Waals surface area contributed by atoms with Crippen molar-refractivity contribution in [3.05, 3.63) is 29.0 Å². The highest BCUT2D eigenvalue weighted by Crippen LogP contribution is 2.32. The first-order valence-electron chi connectivity index (χ1n) is 7.03. The van der Waals surface area contributed by atoms with Gasteiger partial charge >= 0.3 is 0 Å². The van der Waals surface area contributed by atoms with Crippen LogP contribution < -0.4 is 5.32 Å². The molecule has 1 N–H and O–H groups in total. The largest absolute Gasteiger partial charge is 0.459 e. The van der Waals surface area contributed by atoms with Crippen LogP contribution in [0.1, 0.15) is 46.8 Å². The molecule has 2 heterocycles. The van der Waals surface area contributed by atoms with Crippen LogP contribution in [0.5, 0.6) is 0 Å². The minimum Gasteiger partial charge on any atom is -0.459 e. The second-order valence-electron chi connectivity index (χ2n) is 5.54. The van der Waals surface area contributed by atoms with Crippen molar-refractivity contribution in [3.63, 3.8) is 0 Å². The third-order valence-corrected chi connectivity index (χ3v) is 4.58. The quantitative estimate of drug-likeness (QED) is 0.939. The van der Waals surface area contributed by atoms with E-state index in [9.17, 15) is 4.79 Å². The third kappa shape index (κ3) is 2.24. The molecule has 0 unspecified atom stereocenters. The average molecular weight is 289 g/mol. The van der Waals surface area contributed by atoms with Crippen molar-refractivity contribution in [2.45, 2.75) is 38.5 Å². The van der Waals surface area contributed by atoms with Crippen molar-refractivity contribution in [1.82, 2.24) is 9.36 Å². The lowest BCUT2D eigenvalue weighted by molar-refractivity contribution is 0.0995. The maximum atomic E-state index is 12.2. The number of aryl methyl sites for hydroxylation is 1. The summed E-state index contributed by atoms with van der Waals surface area (Å²) in [5.74, 6) is 1.83. The summed E-state index contributed by atoms with van der Waals surface area (Å²) in [5, 5.41) is 3.36. The highest BCUT2D eigenvalue weighted by atomic mass is 32.1. The molecular formula is C14H15N3O2S. The molecule has 2 aliphatic carbocycles. The summed E-state index contributed by atoms with van der Waals surface area (Å²) >= 11 is 1.24. The van der Waals surface area contributed by atoms with Crippen molar-refractivity contribution < 1.29 is 9.21 Å². The van der Waals surface area contributed by atoms with E-state index in [-0.39, 0.29) is 5.91 Å². The zero-order valence-electron chi connectivity index (χ0n) is 11.0. The van der Waals surface area contributed by atoms with Crippen molar-refractivity contribution in [1.29, 1.82) is 0 Å². The summed E-state index contributed by atoms with van der Waals surface area (Å²) in [6.07, 6.45) is 8.23. The minimum atomic E-state index is -0.206. The van der Waals surface area contributed by atoms with Crippen LogP contribution in [-0.4, -0.2) is 15.3 Å².